The molecule has 0 amide bonds. The van der Waals surface area contributed by atoms with Crippen LogP contribution in [-0.4, -0.2) is 4.98 Å². The van der Waals surface area contributed by atoms with Crippen molar-refractivity contribution in [1.82, 2.24) is 4.98 Å². The highest BCUT2D eigenvalue weighted by Crippen LogP contribution is 2.26. The zero-order chi connectivity index (χ0) is 14.1. The number of hydrogen-bond donors (Lipinski definition) is 1. The zero-order valence-electron chi connectivity index (χ0n) is 10.6. The van der Waals surface area contributed by atoms with Crippen molar-refractivity contribution >= 4 is 26.8 Å². The molecule has 100 valence electrons. The van der Waals surface area contributed by atoms with E-state index in [-0.39, 0.29) is 5.82 Å². The molecule has 4 heteroatoms. The second-order valence-corrected chi connectivity index (χ2v) is 5.51. The summed E-state index contributed by atoms with van der Waals surface area (Å²) in [4.78, 5) is 4.30. The van der Waals surface area contributed by atoms with E-state index in [1.54, 1.807) is 18.3 Å². The van der Waals surface area contributed by atoms with Crippen molar-refractivity contribution in [2.45, 2.75) is 6.04 Å². The molecule has 2 aromatic carbocycles. The van der Waals surface area contributed by atoms with Crippen molar-refractivity contribution in [3.05, 3.63) is 76.1 Å². The van der Waals surface area contributed by atoms with E-state index in [9.17, 15) is 4.39 Å². The normalized spacial score (nSPS) is 12.6. The second kappa shape index (κ2) is 5.31. The fourth-order valence-electron chi connectivity index (χ4n) is 2.21. The Morgan fingerprint density at radius 3 is 2.80 bits per heavy atom. The van der Waals surface area contributed by atoms with Gasteiger partial charge in [-0.3, -0.25) is 4.98 Å². The van der Waals surface area contributed by atoms with Crippen LogP contribution in [-0.2, 0) is 0 Å². The van der Waals surface area contributed by atoms with E-state index in [0.717, 1.165) is 20.9 Å². The average Bonchev–Trinajstić information content (AvgIpc) is 2.48. The maximum Gasteiger partial charge on any atom is 0.128 e. The molecule has 2 nitrogen and oxygen atoms in total. The molecule has 0 saturated heterocycles. The molecule has 0 saturated carbocycles. The fraction of sp³-hybridized carbons (Fsp3) is 0.0625. The monoisotopic (exact) mass is 330 g/mol. The van der Waals surface area contributed by atoms with Gasteiger partial charge < -0.3 is 5.73 Å². The fourth-order valence-corrected chi connectivity index (χ4v) is 2.59. The Morgan fingerprint density at radius 2 is 1.95 bits per heavy atom. The van der Waals surface area contributed by atoms with Gasteiger partial charge in [0, 0.05) is 21.6 Å². The Labute approximate surface area is 124 Å². The number of nitrogens with two attached hydrogens (primary N) is 1. The largest absolute Gasteiger partial charge is 0.320 e. The summed E-state index contributed by atoms with van der Waals surface area (Å²) >= 11 is 3.34. The first-order chi connectivity index (χ1) is 9.65. The van der Waals surface area contributed by atoms with Crippen molar-refractivity contribution < 1.29 is 4.39 Å². The Bertz CT molecular complexity index is 773. The Kier molecular flexibility index (Phi) is 3.51. The Hall–Kier alpha value is -1.78. The number of nitrogens with zero attached hydrogens (tertiary/aromatic N) is 1. The van der Waals surface area contributed by atoms with Crippen LogP contribution in [0.15, 0.2) is 59.2 Å². The van der Waals surface area contributed by atoms with Crippen molar-refractivity contribution in [1.29, 1.82) is 0 Å². The minimum Gasteiger partial charge on any atom is -0.320 e. The SMILES string of the molecule is NC(c1ccc2cccnc2c1)c1cc(Br)ccc1F. The number of hydrogen-bond acceptors (Lipinski definition) is 2. The van der Waals surface area contributed by atoms with Gasteiger partial charge in [0.05, 0.1) is 11.6 Å². The molecule has 0 spiro atoms. The molecule has 0 radical (unpaired) electrons. The predicted molar refractivity (Wildman–Crippen MR) is 81.9 cm³/mol. The summed E-state index contributed by atoms with van der Waals surface area (Å²) in [5, 5.41) is 1.04. The van der Waals surface area contributed by atoms with E-state index in [1.807, 2.05) is 30.3 Å². The molecular formula is C16H12BrFN2. The first-order valence-corrected chi connectivity index (χ1v) is 6.99. The van der Waals surface area contributed by atoms with Gasteiger partial charge in [-0.25, -0.2) is 4.39 Å². The standard InChI is InChI=1S/C16H12BrFN2/c17-12-5-6-14(18)13(9-12)16(19)11-4-3-10-2-1-7-20-15(10)8-11/h1-9,16H,19H2. The maximum atomic E-state index is 13.9. The summed E-state index contributed by atoms with van der Waals surface area (Å²) in [5.41, 5.74) is 8.35. The minimum absolute atomic E-state index is 0.304. The molecule has 0 bridgehead atoms. The number of aromatic nitrogens is 1. The lowest BCUT2D eigenvalue weighted by Crippen LogP contribution is -2.13. The van der Waals surface area contributed by atoms with Crippen molar-refractivity contribution in [3.63, 3.8) is 0 Å². The summed E-state index contributed by atoms with van der Waals surface area (Å²) in [6, 6.07) is 13.9. The lowest BCUT2D eigenvalue weighted by Gasteiger charge is -2.14. The van der Waals surface area contributed by atoms with E-state index >= 15 is 0 Å². The quantitative estimate of drug-likeness (QED) is 0.765. The van der Waals surface area contributed by atoms with Crippen LogP contribution in [0.25, 0.3) is 10.9 Å². The van der Waals surface area contributed by atoms with Crippen LogP contribution >= 0.6 is 15.9 Å². The first-order valence-electron chi connectivity index (χ1n) is 6.20. The Morgan fingerprint density at radius 1 is 1.10 bits per heavy atom. The van der Waals surface area contributed by atoms with Gasteiger partial charge in [-0.2, -0.15) is 0 Å². The summed E-state index contributed by atoms with van der Waals surface area (Å²) in [6.45, 7) is 0. The molecule has 1 aromatic heterocycles. The molecule has 3 aromatic rings. The molecule has 1 atom stereocenters. The molecule has 2 N–H and O–H groups in total. The third-order valence-corrected chi connectivity index (χ3v) is 3.78. The van der Waals surface area contributed by atoms with E-state index < -0.39 is 6.04 Å². The summed E-state index contributed by atoms with van der Waals surface area (Å²) in [5.74, 6) is -0.304. The van der Waals surface area contributed by atoms with Gasteiger partial charge in [-0.15, -0.1) is 0 Å². The number of fused-ring (bicyclic) bond motifs is 1. The summed E-state index contributed by atoms with van der Waals surface area (Å²) in [7, 11) is 0. The van der Waals surface area contributed by atoms with Gasteiger partial charge in [0.2, 0.25) is 0 Å². The van der Waals surface area contributed by atoms with Gasteiger partial charge in [-0.05, 0) is 35.9 Å². The highest BCUT2D eigenvalue weighted by atomic mass is 79.9. The topological polar surface area (TPSA) is 38.9 Å². The summed E-state index contributed by atoms with van der Waals surface area (Å²) in [6.07, 6.45) is 1.73. The predicted octanol–water partition coefficient (Wildman–Crippen LogP) is 4.18. The minimum atomic E-state index is -0.515. The average molecular weight is 331 g/mol. The van der Waals surface area contributed by atoms with Crippen LogP contribution in [0.4, 0.5) is 4.39 Å². The van der Waals surface area contributed by atoms with Gasteiger partial charge in [-0.1, -0.05) is 34.1 Å². The highest BCUT2D eigenvalue weighted by molar-refractivity contribution is 9.10. The number of halogens is 2. The van der Waals surface area contributed by atoms with Gasteiger partial charge >= 0.3 is 0 Å². The smallest absolute Gasteiger partial charge is 0.128 e. The van der Waals surface area contributed by atoms with Crippen LogP contribution in [0.2, 0.25) is 0 Å². The van der Waals surface area contributed by atoms with Crippen LogP contribution in [0.3, 0.4) is 0 Å². The molecule has 0 aliphatic carbocycles. The van der Waals surface area contributed by atoms with E-state index in [4.69, 9.17) is 5.73 Å². The lowest BCUT2D eigenvalue weighted by atomic mass is 9.98. The highest BCUT2D eigenvalue weighted by Gasteiger charge is 2.14. The molecule has 20 heavy (non-hydrogen) atoms. The zero-order valence-corrected chi connectivity index (χ0v) is 12.1. The first kappa shape index (κ1) is 13.2. The van der Waals surface area contributed by atoms with Crippen molar-refractivity contribution in [3.8, 4) is 0 Å². The van der Waals surface area contributed by atoms with Crippen molar-refractivity contribution in [2.75, 3.05) is 0 Å². The number of rotatable bonds is 2. The van der Waals surface area contributed by atoms with Gasteiger partial charge in [0.25, 0.3) is 0 Å². The molecular weight excluding hydrogens is 319 g/mol. The number of pyridine rings is 1. The van der Waals surface area contributed by atoms with E-state index in [1.165, 1.54) is 6.07 Å². The van der Waals surface area contributed by atoms with E-state index in [0.29, 0.717) is 5.56 Å². The number of benzene rings is 2. The van der Waals surface area contributed by atoms with Crippen LogP contribution in [0, 0.1) is 5.82 Å². The molecule has 0 fully saturated rings. The van der Waals surface area contributed by atoms with Crippen LogP contribution in [0.1, 0.15) is 17.2 Å². The molecule has 3 rings (SSSR count). The van der Waals surface area contributed by atoms with E-state index in [2.05, 4.69) is 20.9 Å². The second-order valence-electron chi connectivity index (χ2n) is 4.60. The third kappa shape index (κ3) is 2.44. The third-order valence-electron chi connectivity index (χ3n) is 3.28. The van der Waals surface area contributed by atoms with Crippen LogP contribution < -0.4 is 5.73 Å². The van der Waals surface area contributed by atoms with Crippen molar-refractivity contribution in [2.24, 2.45) is 5.73 Å². The van der Waals surface area contributed by atoms with Gasteiger partial charge in [0.15, 0.2) is 0 Å². The molecule has 0 aliphatic heterocycles. The molecule has 0 aliphatic rings. The van der Waals surface area contributed by atoms with Gasteiger partial charge in [0.1, 0.15) is 5.82 Å². The maximum absolute atomic E-state index is 13.9. The molecule has 1 unspecified atom stereocenters. The lowest BCUT2D eigenvalue weighted by molar-refractivity contribution is 0.599. The molecule has 1 heterocycles. The van der Waals surface area contributed by atoms with Crippen LogP contribution in [0.5, 0.6) is 0 Å². The summed E-state index contributed by atoms with van der Waals surface area (Å²) < 4.78 is 14.7. The Balaban J connectivity index is 2.07.